The summed E-state index contributed by atoms with van der Waals surface area (Å²) in [5, 5.41) is 6.79. The first-order chi connectivity index (χ1) is 14.9. The maximum absolute atomic E-state index is 13.2. The lowest BCUT2D eigenvalue weighted by molar-refractivity contribution is 0.403. The standard InChI is InChI=1S/C22H23N3O5S/c1-29-16-10-8-15(9-11-16)25-31(27,28)20-13-14(7-12-19(20)30-2)21-17-5-3-4-6-18(17)22(26)24-23-21/h7-13,25H,3-6H2,1-2H3,(H,24,26). The van der Waals surface area contributed by atoms with E-state index in [9.17, 15) is 13.2 Å². The van der Waals surface area contributed by atoms with E-state index in [1.807, 2.05) is 0 Å². The van der Waals surface area contributed by atoms with E-state index in [0.29, 0.717) is 29.1 Å². The molecule has 0 saturated carbocycles. The number of H-pyrrole nitrogens is 1. The number of nitrogens with zero attached hydrogens (tertiary/aromatic N) is 1. The Morgan fingerprint density at radius 1 is 0.968 bits per heavy atom. The van der Waals surface area contributed by atoms with Crippen molar-refractivity contribution >= 4 is 15.7 Å². The molecule has 0 bridgehead atoms. The Kier molecular flexibility index (Phi) is 5.69. The van der Waals surface area contributed by atoms with Crippen LogP contribution in [0.25, 0.3) is 11.3 Å². The predicted octanol–water partition coefficient (Wildman–Crippen LogP) is 3.13. The van der Waals surface area contributed by atoms with Gasteiger partial charge in [0.1, 0.15) is 16.4 Å². The van der Waals surface area contributed by atoms with Gasteiger partial charge in [-0.05, 0) is 73.7 Å². The van der Waals surface area contributed by atoms with Crippen molar-refractivity contribution in [2.45, 2.75) is 30.6 Å². The Bertz CT molecular complexity index is 1270. The summed E-state index contributed by atoms with van der Waals surface area (Å²) in [5.41, 5.74) is 3.02. The van der Waals surface area contributed by atoms with Gasteiger partial charge in [-0.25, -0.2) is 13.5 Å². The van der Waals surface area contributed by atoms with Gasteiger partial charge >= 0.3 is 0 Å². The summed E-state index contributed by atoms with van der Waals surface area (Å²) in [6.07, 6.45) is 3.35. The molecule has 162 valence electrons. The average molecular weight is 442 g/mol. The Balaban J connectivity index is 1.77. The van der Waals surface area contributed by atoms with Crippen molar-refractivity contribution in [2.75, 3.05) is 18.9 Å². The molecule has 0 fully saturated rings. The van der Waals surface area contributed by atoms with Gasteiger partial charge in [-0.15, -0.1) is 0 Å². The highest BCUT2D eigenvalue weighted by Gasteiger charge is 2.24. The van der Waals surface area contributed by atoms with Crippen molar-refractivity contribution in [3.8, 4) is 22.8 Å². The molecular formula is C22H23N3O5S. The summed E-state index contributed by atoms with van der Waals surface area (Å²) in [6.45, 7) is 0. The van der Waals surface area contributed by atoms with Crippen molar-refractivity contribution in [3.05, 3.63) is 63.9 Å². The minimum atomic E-state index is -3.95. The van der Waals surface area contributed by atoms with Gasteiger partial charge in [-0.2, -0.15) is 5.10 Å². The molecule has 2 N–H and O–H groups in total. The third kappa shape index (κ3) is 4.13. The Hall–Kier alpha value is -3.33. The number of hydrogen-bond donors (Lipinski definition) is 2. The number of aromatic nitrogens is 2. The van der Waals surface area contributed by atoms with E-state index in [1.165, 1.54) is 13.2 Å². The number of methoxy groups -OCH3 is 2. The molecule has 0 amide bonds. The minimum Gasteiger partial charge on any atom is -0.497 e. The second kappa shape index (κ2) is 8.43. The number of rotatable bonds is 6. The predicted molar refractivity (Wildman–Crippen MR) is 117 cm³/mol. The Morgan fingerprint density at radius 3 is 2.35 bits per heavy atom. The van der Waals surface area contributed by atoms with E-state index in [0.717, 1.165) is 30.4 Å². The van der Waals surface area contributed by atoms with Gasteiger partial charge in [0.25, 0.3) is 15.6 Å². The van der Waals surface area contributed by atoms with Gasteiger partial charge in [0, 0.05) is 16.8 Å². The lowest BCUT2D eigenvalue weighted by Gasteiger charge is -2.18. The van der Waals surface area contributed by atoms with E-state index < -0.39 is 10.0 Å². The van der Waals surface area contributed by atoms with Crippen LogP contribution in [0.15, 0.2) is 52.2 Å². The van der Waals surface area contributed by atoms with Crippen LogP contribution in [0.4, 0.5) is 5.69 Å². The largest absolute Gasteiger partial charge is 0.497 e. The fraction of sp³-hybridized carbons (Fsp3) is 0.273. The van der Waals surface area contributed by atoms with E-state index in [2.05, 4.69) is 14.9 Å². The molecule has 0 aliphatic heterocycles. The molecule has 9 heteroatoms. The normalized spacial score (nSPS) is 13.4. The van der Waals surface area contributed by atoms with E-state index >= 15 is 0 Å². The molecule has 1 heterocycles. The number of ether oxygens (including phenoxy) is 2. The van der Waals surface area contributed by atoms with Crippen molar-refractivity contribution in [1.82, 2.24) is 10.2 Å². The molecule has 0 atom stereocenters. The summed E-state index contributed by atoms with van der Waals surface area (Å²) in [6, 6.07) is 11.4. The molecule has 2 aromatic carbocycles. The van der Waals surface area contributed by atoms with Crippen LogP contribution in [0.2, 0.25) is 0 Å². The van der Waals surface area contributed by atoms with E-state index in [1.54, 1.807) is 43.5 Å². The van der Waals surface area contributed by atoms with Gasteiger partial charge in [0.05, 0.1) is 19.9 Å². The van der Waals surface area contributed by atoms with Crippen molar-refractivity contribution in [1.29, 1.82) is 0 Å². The lowest BCUT2D eigenvalue weighted by atomic mass is 9.90. The summed E-state index contributed by atoms with van der Waals surface area (Å²) in [4.78, 5) is 12.2. The van der Waals surface area contributed by atoms with E-state index in [-0.39, 0.29) is 16.2 Å². The summed E-state index contributed by atoms with van der Waals surface area (Å²) in [5.74, 6) is 0.833. The number of anilines is 1. The zero-order chi connectivity index (χ0) is 22.0. The first-order valence-electron chi connectivity index (χ1n) is 9.88. The lowest BCUT2D eigenvalue weighted by Crippen LogP contribution is -2.21. The number of sulfonamides is 1. The fourth-order valence-corrected chi connectivity index (χ4v) is 5.06. The number of fused-ring (bicyclic) bond motifs is 1. The highest BCUT2D eigenvalue weighted by atomic mass is 32.2. The molecule has 0 spiro atoms. The number of nitrogens with one attached hydrogen (secondary N) is 2. The van der Waals surface area contributed by atoms with Crippen molar-refractivity contribution in [2.24, 2.45) is 0 Å². The maximum atomic E-state index is 13.2. The molecule has 0 saturated heterocycles. The van der Waals surface area contributed by atoms with Crippen LogP contribution in [0.5, 0.6) is 11.5 Å². The molecular weight excluding hydrogens is 418 g/mol. The van der Waals surface area contributed by atoms with E-state index in [4.69, 9.17) is 9.47 Å². The zero-order valence-electron chi connectivity index (χ0n) is 17.3. The number of benzene rings is 2. The Morgan fingerprint density at radius 2 is 1.68 bits per heavy atom. The molecule has 8 nitrogen and oxygen atoms in total. The van der Waals surface area contributed by atoms with Gasteiger partial charge in [-0.3, -0.25) is 9.52 Å². The zero-order valence-corrected chi connectivity index (χ0v) is 18.1. The Labute approximate surface area is 180 Å². The molecule has 1 aliphatic carbocycles. The SMILES string of the molecule is COc1ccc(NS(=O)(=O)c2cc(-c3n[nH]c(=O)c4c3CCCC4)ccc2OC)cc1. The quantitative estimate of drug-likeness (QED) is 0.608. The number of aromatic amines is 1. The minimum absolute atomic E-state index is 0.0131. The highest BCUT2D eigenvalue weighted by Crippen LogP contribution is 2.33. The highest BCUT2D eigenvalue weighted by molar-refractivity contribution is 7.92. The maximum Gasteiger partial charge on any atom is 0.267 e. The van der Waals surface area contributed by atoms with Crippen molar-refractivity contribution < 1.29 is 17.9 Å². The van der Waals surface area contributed by atoms with Gasteiger partial charge in [0.2, 0.25) is 0 Å². The van der Waals surface area contributed by atoms with Crippen LogP contribution >= 0.6 is 0 Å². The van der Waals surface area contributed by atoms with Gasteiger partial charge in [0.15, 0.2) is 0 Å². The molecule has 0 unspecified atom stereocenters. The summed E-state index contributed by atoms with van der Waals surface area (Å²) < 4.78 is 39.3. The van der Waals surface area contributed by atoms with Crippen molar-refractivity contribution in [3.63, 3.8) is 0 Å². The van der Waals surface area contributed by atoms with Gasteiger partial charge < -0.3 is 9.47 Å². The summed E-state index contributed by atoms with van der Waals surface area (Å²) in [7, 11) is -0.992. The average Bonchev–Trinajstić information content (AvgIpc) is 2.79. The molecule has 31 heavy (non-hydrogen) atoms. The van der Waals surface area contributed by atoms with Crippen LogP contribution in [-0.2, 0) is 22.9 Å². The first-order valence-corrected chi connectivity index (χ1v) is 11.4. The second-order valence-electron chi connectivity index (χ2n) is 7.27. The third-order valence-electron chi connectivity index (χ3n) is 5.37. The fourth-order valence-electron chi connectivity index (χ4n) is 3.80. The second-order valence-corrected chi connectivity index (χ2v) is 8.92. The topological polar surface area (TPSA) is 110 Å². The van der Waals surface area contributed by atoms with Gasteiger partial charge in [-0.1, -0.05) is 0 Å². The smallest absolute Gasteiger partial charge is 0.267 e. The monoisotopic (exact) mass is 441 g/mol. The van der Waals surface area contributed by atoms with Crippen LogP contribution in [0.1, 0.15) is 24.0 Å². The molecule has 0 radical (unpaired) electrons. The molecule has 3 aromatic rings. The molecule has 1 aliphatic rings. The number of hydrogen-bond acceptors (Lipinski definition) is 6. The van der Waals surface area contributed by atoms with Crippen LogP contribution < -0.4 is 19.8 Å². The summed E-state index contributed by atoms with van der Waals surface area (Å²) >= 11 is 0. The van der Waals surface area contributed by atoms with Crippen LogP contribution in [-0.4, -0.2) is 32.8 Å². The molecule has 4 rings (SSSR count). The molecule has 1 aromatic heterocycles. The van der Waals surface area contributed by atoms with Crippen LogP contribution in [0, 0.1) is 0 Å². The first kappa shape index (κ1) is 20.9. The third-order valence-corrected chi connectivity index (χ3v) is 6.77. The van der Waals surface area contributed by atoms with Crippen LogP contribution in [0.3, 0.4) is 0 Å².